The van der Waals surface area contributed by atoms with Gasteiger partial charge >= 0.3 is 12.1 Å². The van der Waals surface area contributed by atoms with E-state index < -0.39 is 29.4 Å². The minimum Gasteiger partial charge on any atom is -0.465 e. The Morgan fingerprint density at radius 3 is 2.63 bits per heavy atom. The number of benzene rings is 1. The summed E-state index contributed by atoms with van der Waals surface area (Å²) in [7, 11) is 0. The van der Waals surface area contributed by atoms with Crippen molar-refractivity contribution < 1.29 is 28.2 Å². The Bertz CT molecular complexity index is 895. The molecular formula is C20H24FN3O5S. The number of nitrogens with zero attached hydrogens (tertiary/aromatic N) is 1. The van der Waals surface area contributed by atoms with E-state index in [2.05, 4.69) is 15.6 Å². The second-order valence-corrected chi connectivity index (χ2v) is 8.12. The number of hydrogen-bond donors (Lipinski definition) is 2. The summed E-state index contributed by atoms with van der Waals surface area (Å²) in [6.45, 7) is 5.75. The van der Waals surface area contributed by atoms with Crippen molar-refractivity contribution in [3.63, 3.8) is 0 Å². The Hall–Kier alpha value is -3.01. The number of hydrogen-bond acceptors (Lipinski definition) is 7. The fourth-order valence-corrected chi connectivity index (χ4v) is 2.92. The highest BCUT2D eigenvalue weighted by Gasteiger charge is 2.16. The van der Waals surface area contributed by atoms with Gasteiger partial charge < -0.3 is 14.8 Å². The first-order valence-corrected chi connectivity index (χ1v) is 10.1. The average Bonchev–Trinajstić information content (AvgIpc) is 3.06. The molecule has 0 bridgehead atoms. The molecule has 8 nitrogen and oxygen atoms in total. The molecule has 0 radical (unpaired) electrons. The van der Waals surface area contributed by atoms with Gasteiger partial charge in [0, 0.05) is 11.9 Å². The zero-order valence-corrected chi connectivity index (χ0v) is 17.8. The predicted molar refractivity (Wildman–Crippen MR) is 110 cm³/mol. The Labute approximate surface area is 177 Å². The first kappa shape index (κ1) is 23.3. The van der Waals surface area contributed by atoms with Crippen molar-refractivity contribution in [2.75, 3.05) is 18.5 Å². The maximum Gasteiger partial charge on any atom is 0.407 e. The fraction of sp³-hybridized carbons (Fsp3) is 0.400. The van der Waals surface area contributed by atoms with Gasteiger partial charge in [0.25, 0.3) is 5.91 Å². The van der Waals surface area contributed by atoms with Gasteiger partial charge in [-0.05, 0) is 39.3 Å². The van der Waals surface area contributed by atoms with Crippen LogP contribution >= 0.6 is 11.3 Å². The molecule has 10 heteroatoms. The number of carbonyl (C=O) groups is 3. The minimum atomic E-state index is -0.628. The van der Waals surface area contributed by atoms with Crippen LogP contribution in [0.15, 0.2) is 29.6 Å². The van der Waals surface area contributed by atoms with Crippen LogP contribution in [0.2, 0.25) is 0 Å². The molecule has 1 aromatic carbocycles. The molecule has 0 aliphatic heterocycles. The number of esters is 1. The lowest BCUT2D eigenvalue weighted by Gasteiger charge is -2.19. The predicted octanol–water partition coefficient (Wildman–Crippen LogP) is 3.54. The van der Waals surface area contributed by atoms with Crippen molar-refractivity contribution in [3.8, 4) is 0 Å². The van der Waals surface area contributed by atoms with Crippen molar-refractivity contribution in [2.24, 2.45) is 0 Å². The molecule has 2 aromatic rings. The lowest BCUT2D eigenvalue weighted by atomic mass is 10.2. The number of alkyl carbamates (subject to hydrolysis) is 1. The summed E-state index contributed by atoms with van der Waals surface area (Å²) < 4.78 is 23.8. The van der Waals surface area contributed by atoms with E-state index in [0.29, 0.717) is 18.7 Å². The van der Waals surface area contributed by atoms with Crippen LogP contribution in [0.4, 0.5) is 14.3 Å². The fourth-order valence-electron chi connectivity index (χ4n) is 2.22. The molecule has 0 aliphatic carbocycles. The summed E-state index contributed by atoms with van der Waals surface area (Å²) in [6, 6.07) is 5.62. The highest BCUT2D eigenvalue weighted by molar-refractivity contribution is 7.14. The van der Waals surface area contributed by atoms with Crippen molar-refractivity contribution in [2.45, 2.75) is 39.2 Å². The average molecular weight is 437 g/mol. The largest absolute Gasteiger partial charge is 0.465 e. The van der Waals surface area contributed by atoms with Crippen LogP contribution in [-0.4, -0.2) is 41.7 Å². The molecule has 162 valence electrons. The molecule has 0 saturated heterocycles. The first-order chi connectivity index (χ1) is 14.1. The molecule has 0 spiro atoms. The SMILES string of the molecule is CC(C)(C)OC(=O)NCCCOC(=O)Cc1csc(NC(=O)c2ccccc2F)n1. The molecule has 0 fully saturated rings. The molecule has 30 heavy (non-hydrogen) atoms. The Morgan fingerprint density at radius 2 is 1.93 bits per heavy atom. The summed E-state index contributed by atoms with van der Waals surface area (Å²) >= 11 is 1.13. The first-order valence-electron chi connectivity index (χ1n) is 9.27. The number of amides is 2. The van der Waals surface area contributed by atoms with Crippen LogP contribution in [0.25, 0.3) is 0 Å². The van der Waals surface area contributed by atoms with E-state index >= 15 is 0 Å². The number of anilines is 1. The van der Waals surface area contributed by atoms with E-state index in [0.717, 1.165) is 11.3 Å². The molecule has 1 heterocycles. The Kier molecular flexibility index (Phi) is 8.28. The maximum absolute atomic E-state index is 13.6. The van der Waals surface area contributed by atoms with Gasteiger partial charge in [-0.15, -0.1) is 11.3 Å². The van der Waals surface area contributed by atoms with Gasteiger partial charge in [-0.25, -0.2) is 14.2 Å². The molecule has 2 N–H and O–H groups in total. The van der Waals surface area contributed by atoms with Crippen molar-refractivity contribution in [1.29, 1.82) is 0 Å². The van der Waals surface area contributed by atoms with Crippen molar-refractivity contribution >= 4 is 34.4 Å². The Balaban J connectivity index is 1.69. The third-order valence-electron chi connectivity index (χ3n) is 3.47. The summed E-state index contributed by atoms with van der Waals surface area (Å²) in [4.78, 5) is 39.6. The number of halogens is 1. The monoisotopic (exact) mass is 437 g/mol. The molecule has 0 saturated carbocycles. The molecule has 0 unspecified atom stereocenters. The highest BCUT2D eigenvalue weighted by Crippen LogP contribution is 2.18. The standard InChI is InChI=1S/C20H24FN3O5S/c1-20(2,3)29-19(27)22-9-6-10-28-16(25)11-13-12-30-18(23-13)24-17(26)14-7-4-5-8-15(14)21/h4-5,7-8,12H,6,9-11H2,1-3H3,(H,22,27)(H,23,24,26). The quantitative estimate of drug-likeness (QED) is 0.483. The maximum atomic E-state index is 13.6. The lowest BCUT2D eigenvalue weighted by Crippen LogP contribution is -2.33. The van der Waals surface area contributed by atoms with Crippen LogP contribution in [-0.2, 0) is 20.7 Å². The number of rotatable bonds is 8. The van der Waals surface area contributed by atoms with E-state index in [1.54, 1.807) is 32.2 Å². The van der Waals surface area contributed by atoms with Crippen LogP contribution in [0.3, 0.4) is 0 Å². The number of ether oxygens (including phenoxy) is 2. The molecule has 2 amide bonds. The van der Waals surface area contributed by atoms with Gasteiger partial charge in [-0.2, -0.15) is 0 Å². The van der Waals surface area contributed by atoms with Gasteiger partial charge in [-0.3, -0.25) is 14.9 Å². The van der Waals surface area contributed by atoms with Gasteiger partial charge in [-0.1, -0.05) is 12.1 Å². The number of aromatic nitrogens is 1. The third kappa shape index (κ3) is 8.16. The van der Waals surface area contributed by atoms with E-state index in [1.807, 2.05) is 0 Å². The molecule has 1 aromatic heterocycles. The third-order valence-corrected chi connectivity index (χ3v) is 4.28. The second-order valence-electron chi connectivity index (χ2n) is 7.26. The smallest absolute Gasteiger partial charge is 0.407 e. The summed E-state index contributed by atoms with van der Waals surface area (Å²) in [5.74, 6) is -1.73. The molecule has 0 aliphatic rings. The zero-order chi connectivity index (χ0) is 22.1. The van der Waals surface area contributed by atoms with E-state index in [1.165, 1.54) is 18.2 Å². The lowest BCUT2D eigenvalue weighted by molar-refractivity contribution is -0.142. The summed E-state index contributed by atoms with van der Waals surface area (Å²) in [6.07, 6.45) is -0.154. The van der Waals surface area contributed by atoms with E-state index in [4.69, 9.17) is 9.47 Å². The topological polar surface area (TPSA) is 107 Å². The second kappa shape index (κ2) is 10.7. The number of carbonyl (C=O) groups excluding carboxylic acids is 3. The van der Waals surface area contributed by atoms with Crippen LogP contribution < -0.4 is 10.6 Å². The molecule has 0 atom stereocenters. The molecular weight excluding hydrogens is 413 g/mol. The van der Waals surface area contributed by atoms with Crippen LogP contribution in [0.5, 0.6) is 0 Å². The van der Waals surface area contributed by atoms with E-state index in [9.17, 15) is 18.8 Å². The van der Waals surface area contributed by atoms with Gasteiger partial charge in [0.1, 0.15) is 11.4 Å². The summed E-state index contributed by atoms with van der Waals surface area (Å²) in [5.41, 5.74) is -0.230. The van der Waals surface area contributed by atoms with Crippen LogP contribution in [0.1, 0.15) is 43.2 Å². The van der Waals surface area contributed by atoms with E-state index in [-0.39, 0.29) is 23.7 Å². The van der Waals surface area contributed by atoms with Crippen molar-refractivity contribution in [1.82, 2.24) is 10.3 Å². The zero-order valence-electron chi connectivity index (χ0n) is 17.0. The molecule has 2 rings (SSSR count). The summed E-state index contributed by atoms with van der Waals surface area (Å²) in [5, 5.41) is 6.95. The number of nitrogens with one attached hydrogen (secondary N) is 2. The van der Waals surface area contributed by atoms with Gasteiger partial charge in [0.2, 0.25) is 0 Å². The number of thiazole rings is 1. The highest BCUT2D eigenvalue weighted by atomic mass is 32.1. The van der Waals surface area contributed by atoms with Gasteiger partial charge in [0.15, 0.2) is 5.13 Å². The minimum absolute atomic E-state index is 0.0639. The Morgan fingerprint density at radius 1 is 1.20 bits per heavy atom. The normalized spacial score (nSPS) is 10.9. The van der Waals surface area contributed by atoms with Crippen LogP contribution in [0, 0.1) is 5.82 Å². The van der Waals surface area contributed by atoms with Gasteiger partial charge in [0.05, 0.1) is 24.3 Å². The van der Waals surface area contributed by atoms with Crippen molar-refractivity contribution in [3.05, 3.63) is 46.7 Å².